The second-order valence-corrected chi connectivity index (χ2v) is 10.3. The zero-order valence-corrected chi connectivity index (χ0v) is 20.9. The summed E-state index contributed by atoms with van der Waals surface area (Å²) >= 11 is 12.6. The Labute approximate surface area is 207 Å². The Kier molecular flexibility index (Phi) is 8.21. The number of amides is 1. The minimum atomic E-state index is -0.609. The number of likely N-dealkylation sites (tertiary alicyclic amines) is 1. The highest BCUT2D eigenvalue weighted by molar-refractivity contribution is 6.35. The first-order valence-electron chi connectivity index (χ1n) is 12.2. The van der Waals surface area contributed by atoms with Crippen LogP contribution in [0.2, 0.25) is 10.0 Å². The molecule has 0 aromatic heterocycles. The topological polar surface area (TPSA) is 41.6 Å². The molecule has 1 unspecified atom stereocenters. The minimum Gasteiger partial charge on any atom is -0.494 e. The van der Waals surface area contributed by atoms with Crippen molar-refractivity contribution in [3.05, 3.63) is 58.1 Å². The van der Waals surface area contributed by atoms with Crippen LogP contribution in [0.5, 0.6) is 5.75 Å². The van der Waals surface area contributed by atoms with Gasteiger partial charge in [-0.05, 0) is 87.5 Å². The molecule has 1 saturated heterocycles. The molecule has 2 aromatic carbocycles. The largest absolute Gasteiger partial charge is 0.494 e. The number of hydrogen-bond donors (Lipinski definition) is 1. The van der Waals surface area contributed by atoms with Gasteiger partial charge in [0.25, 0.3) is 0 Å². The predicted octanol–water partition coefficient (Wildman–Crippen LogP) is 7.09. The Morgan fingerprint density at radius 1 is 1.09 bits per heavy atom. The quantitative estimate of drug-likeness (QED) is 0.403. The smallest absolute Gasteiger partial charge is 0.235 e. The third-order valence-electron chi connectivity index (χ3n) is 7.25. The van der Waals surface area contributed by atoms with E-state index in [4.69, 9.17) is 27.9 Å². The lowest BCUT2D eigenvalue weighted by Crippen LogP contribution is -2.38. The number of carbonyl (C=O) groups excluding carboxylic acids is 1. The first-order chi connectivity index (χ1) is 16.0. The SMILES string of the molecule is CC1CCCCN1CCCOc1ccc(NC(=O)C2(c3ccc(Cl)cc3Cl)CCCC2)cc1. The van der Waals surface area contributed by atoms with Gasteiger partial charge in [-0.15, -0.1) is 0 Å². The Bertz CT molecular complexity index is 942. The van der Waals surface area contributed by atoms with E-state index in [1.807, 2.05) is 36.4 Å². The molecule has 2 aliphatic rings. The summed E-state index contributed by atoms with van der Waals surface area (Å²) < 4.78 is 5.94. The van der Waals surface area contributed by atoms with Crippen LogP contribution in [-0.4, -0.2) is 36.5 Å². The fourth-order valence-electron chi connectivity index (χ4n) is 5.31. The third-order valence-corrected chi connectivity index (χ3v) is 7.80. The van der Waals surface area contributed by atoms with Gasteiger partial charge in [0.15, 0.2) is 0 Å². The lowest BCUT2D eigenvalue weighted by molar-refractivity contribution is -0.121. The molecule has 6 heteroatoms. The van der Waals surface area contributed by atoms with Crippen LogP contribution in [0, 0.1) is 0 Å². The number of ether oxygens (including phenoxy) is 1. The maximum absolute atomic E-state index is 13.4. The highest BCUT2D eigenvalue weighted by Gasteiger charge is 2.44. The van der Waals surface area contributed by atoms with Crippen LogP contribution in [0.15, 0.2) is 42.5 Å². The maximum Gasteiger partial charge on any atom is 0.235 e. The number of nitrogens with zero attached hydrogens (tertiary/aromatic N) is 1. The highest BCUT2D eigenvalue weighted by atomic mass is 35.5. The predicted molar refractivity (Wildman–Crippen MR) is 137 cm³/mol. The van der Waals surface area contributed by atoms with E-state index in [-0.39, 0.29) is 5.91 Å². The Morgan fingerprint density at radius 2 is 1.85 bits per heavy atom. The summed E-state index contributed by atoms with van der Waals surface area (Å²) in [5.74, 6) is 0.824. The summed E-state index contributed by atoms with van der Waals surface area (Å²) in [6.07, 6.45) is 8.58. The number of nitrogens with one attached hydrogen (secondary N) is 1. The van der Waals surface area contributed by atoms with Crippen LogP contribution in [0.3, 0.4) is 0 Å². The first-order valence-corrected chi connectivity index (χ1v) is 13.0. The highest BCUT2D eigenvalue weighted by Crippen LogP contribution is 2.45. The third kappa shape index (κ3) is 5.85. The van der Waals surface area contributed by atoms with Crippen molar-refractivity contribution in [3.8, 4) is 5.75 Å². The van der Waals surface area contributed by atoms with Gasteiger partial charge in [-0.1, -0.05) is 48.5 Å². The van der Waals surface area contributed by atoms with Crippen LogP contribution in [-0.2, 0) is 10.2 Å². The van der Waals surface area contributed by atoms with E-state index in [9.17, 15) is 4.79 Å². The number of benzene rings is 2. The van der Waals surface area contributed by atoms with Crippen molar-refractivity contribution in [2.24, 2.45) is 0 Å². The van der Waals surface area contributed by atoms with E-state index in [2.05, 4.69) is 17.1 Å². The molecule has 0 bridgehead atoms. The van der Waals surface area contributed by atoms with Crippen molar-refractivity contribution in [2.75, 3.05) is 25.0 Å². The van der Waals surface area contributed by atoms with E-state index in [0.29, 0.717) is 22.7 Å². The van der Waals surface area contributed by atoms with Crippen molar-refractivity contribution in [3.63, 3.8) is 0 Å². The molecule has 1 aliphatic heterocycles. The standard InChI is InChI=1S/C27H34Cl2N2O2/c1-20-7-2-5-16-31(20)17-6-18-33-23-11-9-22(10-12-23)30-26(32)27(14-3-4-15-27)24-13-8-21(28)19-25(24)29/h8-13,19-20H,2-7,14-18H2,1H3,(H,30,32). The molecule has 178 valence electrons. The summed E-state index contributed by atoms with van der Waals surface area (Å²) in [6.45, 7) is 5.32. The van der Waals surface area contributed by atoms with Gasteiger partial charge in [0, 0.05) is 28.3 Å². The Hall–Kier alpha value is -1.75. The molecule has 1 atom stereocenters. The molecule has 0 radical (unpaired) electrons. The Balaban J connectivity index is 1.32. The van der Waals surface area contributed by atoms with Crippen LogP contribution in [0.25, 0.3) is 0 Å². The fraction of sp³-hybridized carbons (Fsp3) is 0.519. The van der Waals surface area contributed by atoms with E-state index >= 15 is 0 Å². The molecule has 1 heterocycles. The van der Waals surface area contributed by atoms with Crippen LogP contribution < -0.4 is 10.1 Å². The average Bonchev–Trinajstić information content (AvgIpc) is 3.30. The second-order valence-electron chi connectivity index (χ2n) is 9.47. The van der Waals surface area contributed by atoms with Crippen molar-refractivity contribution in [2.45, 2.75) is 69.7 Å². The molecular weight excluding hydrogens is 455 g/mol. The zero-order chi connectivity index (χ0) is 23.3. The van der Waals surface area contributed by atoms with Crippen molar-refractivity contribution in [1.82, 2.24) is 4.90 Å². The number of halogens is 2. The minimum absolute atomic E-state index is 0.00598. The van der Waals surface area contributed by atoms with Gasteiger partial charge in [0.1, 0.15) is 5.75 Å². The van der Waals surface area contributed by atoms with Gasteiger partial charge in [0.05, 0.1) is 12.0 Å². The molecule has 2 aromatic rings. The lowest BCUT2D eigenvalue weighted by atomic mass is 9.78. The Morgan fingerprint density at radius 3 is 2.55 bits per heavy atom. The summed E-state index contributed by atoms with van der Waals surface area (Å²) in [5, 5.41) is 4.25. The molecule has 1 saturated carbocycles. The summed E-state index contributed by atoms with van der Waals surface area (Å²) in [7, 11) is 0. The number of carbonyl (C=O) groups is 1. The van der Waals surface area contributed by atoms with Crippen LogP contribution >= 0.6 is 23.2 Å². The fourth-order valence-corrected chi connectivity index (χ4v) is 5.90. The van der Waals surface area contributed by atoms with E-state index < -0.39 is 5.41 Å². The van der Waals surface area contributed by atoms with Gasteiger partial charge >= 0.3 is 0 Å². The van der Waals surface area contributed by atoms with Gasteiger partial charge in [-0.2, -0.15) is 0 Å². The molecule has 4 nitrogen and oxygen atoms in total. The van der Waals surface area contributed by atoms with E-state index in [1.165, 1.54) is 25.8 Å². The van der Waals surface area contributed by atoms with Crippen molar-refractivity contribution in [1.29, 1.82) is 0 Å². The molecule has 1 amide bonds. The van der Waals surface area contributed by atoms with Crippen LogP contribution in [0.4, 0.5) is 5.69 Å². The van der Waals surface area contributed by atoms with Gasteiger partial charge < -0.3 is 15.0 Å². The zero-order valence-electron chi connectivity index (χ0n) is 19.4. The number of piperidine rings is 1. The monoisotopic (exact) mass is 488 g/mol. The molecule has 1 N–H and O–H groups in total. The average molecular weight is 489 g/mol. The first kappa shape index (κ1) is 24.4. The lowest BCUT2D eigenvalue weighted by Gasteiger charge is -2.33. The molecular formula is C27H34Cl2N2O2. The number of rotatable bonds is 8. The molecule has 2 fully saturated rings. The molecule has 0 spiro atoms. The van der Waals surface area contributed by atoms with Crippen molar-refractivity contribution < 1.29 is 9.53 Å². The van der Waals surface area contributed by atoms with Crippen molar-refractivity contribution >= 4 is 34.8 Å². The second kappa shape index (κ2) is 11.1. The van der Waals surface area contributed by atoms with Gasteiger partial charge in [0.2, 0.25) is 5.91 Å². The summed E-state index contributed by atoms with van der Waals surface area (Å²) in [6, 6.07) is 13.8. The maximum atomic E-state index is 13.4. The molecule has 33 heavy (non-hydrogen) atoms. The summed E-state index contributed by atoms with van der Waals surface area (Å²) in [4.78, 5) is 16.0. The van der Waals surface area contributed by atoms with E-state index in [0.717, 1.165) is 55.6 Å². The van der Waals surface area contributed by atoms with Gasteiger partial charge in [-0.25, -0.2) is 0 Å². The molecule has 1 aliphatic carbocycles. The van der Waals surface area contributed by atoms with Crippen LogP contribution in [0.1, 0.15) is 63.9 Å². The normalized spacial score (nSPS) is 20.5. The summed E-state index contributed by atoms with van der Waals surface area (Å²) in [5.41, 5.74) is 1.03. The van der Waals surface area contributed by atoms with Gasteiger partial charge in [-0.3, -0.25) is 4.79 Å². The number of hydrogen-bond acceptors (Lipinski definition) is 3. The molecule has 4 rings (SSSR count). The number of anilines is 1. The van der Waals surface area contributed by atoms with E-state index in [1.54, 1.807) is 6.07 Å².